The van der Waals surface area contributed by atoms with Crippen molar-refractivity contribution >= 4 is 53.1 Å². The first-order chi connectivity index (χ1) is 26.4. The van der Waals surface area contributed by atoms with E-state index in [4.69, 9.17) is 38.0 Å². The van der Waals surface area contributed by atoms with Gasteiger partial charge in [0.1, 0.15) is 0 Å². The number of hydrogen-bond acceptors (Lipinski definition) is 11. The molecule has 4 aliphatic heterocycles. The van der Waals surface area contributed by atoms with E-state index in [1.54, 1.807) is 0 Å². The quantitative estimate of drug-likeness (QED) is 0.291. The van der Waals surface area contributed by atoms with E-state index in [2.05, 4.69) is 70.5 Å². The lowest BCUT2D eigenvalue weighted by atomic mass is 10.1. The Balaban J connectivity index is 1.19. The van der Waals surface area contributed by atoms with Crippen molar-refractivity contribution in [2.75, 3.05) is 26.2 Å². The maximum absolute atomic E-state index is 6.57. The van der Waals surface area contributed by atoms with E-state index in [9.17, 15) is 0 Å². The largest absolute Gasteiger partial charge is 1.07 e. The third-order valence-corrected chi connectivity index (χ3v) is 13.7. The summed E-state index contributed by atoms with van der Waals surface area (Å²) >= 11 is -5.82. The highest BCUT2D eigenvalue weighted by molar-refractivity contribution is 6.52. The summed E-state index contributed by atoms with van der Waals surface area (Å²) < 4.78 is 32.3. The van der Waals surface area contributed by atoms with Crippen LogP contribution in [0.5, 0.6) is 0 Å². The van der Waals surface area contributed by atoms with Crippen LogP contribution in [0.2, 0.25) is 0 Å². The zero-order valence-corrected chi connectivity index (χ0v) is 35.8. The lowest BCUT2D eigenvalue weighted by Gasteiger charge is -2.21. The van der Waals surface area contributed by atoms with E-state index in [1.165, 1.54) is 11.1 Å². The van der Waals surface area contributed by atoms with E-state index in [0.29, 0.717) is 23.0 Å². The van der Waals surface area contributed by atoms with Gasteiger partial charge in [0.2, 0.25) is 0 Å². The van der Waals surface area contributed by atoms with Crippen LogP contribution in [0.3, 0.4) is 0 Å². The molecule has 2 aromatic rings. The summed E-state index contributed by atoms with van der Waals surface area (Å²) in [6, 6.07) is 21.2. The monoisotopic (exact) mass is 776 g/mol. The van der Waals surface area contributed by atoms with Crippen LogP contribution in [0.4, 0.5) is 0 Å². The van der Waals surface area contributed by atoms with Crippen molar-refractivity contribution < 1.29 is 18.0 Å². The number of hydrogen-bond donors (Lipinski definition) is 0. The first kappa shape index (κ1) is 40.9. The van der Waals surface area contributed by atoms with Gasteiger partial charge in [0.05, 0.1) is 47.2 Å². The van der Waals surface area contributed by atoms with E-state index in [1.807, 2.05) is 79.7 Å². The number of benzene rings is 2. The molecule has 0 spiro atoms. The van der Waals surface area contributed by atoms with Gasteiger partial charge in [-0.05, 0) is 90.8 Å². The molecule has 6 rings (SSSR count). The van der Waals surface area contributed by atoms with Gasteiger partial charge in [0.15, 0.2) is 0 Å². The van der Waals surface area contributed by atoms with Crippen LogP contribution >= 0.6 is 0 Å². The molecular formula is C42H54Al2N6O5. The predicted molar refractivity (Wildman–Crippen MR) is 223 cm³/mol. The van der Waals surface area contributed by atoms with Crippen LogP contribution < -0.4 is 0 Å². The highest BCUT2D eigenvalue weighted by Crippen LogP contribution is 2.23. The molecule has 4 heterocycles. The van der Waals surface area contributed by atoms with Gasteiger partial charge in [0.25, 0.3) is 0 Å². The number of likely N-dealkylation sites (tertiary alicyclic amines) is 2. The Morgan fingerprint density at radius 1 is 0.473 bits per heavy atom. The van der Waals surface area contributed by atoms with Crippen molar-refractivity contribution in [3.63, 3.8) is 0 Å². The molecule has 11 nitrogen and oxygen atoms in total. The lowest BCUT2D eigenvalue weighted by molar-refractivity contribution is 0.151. The molecule has 0 bridgehead atoms. The van der Waals surface area contributed by atoms with Crippen LogP contribution in [0.25, 0.3) is 0 Å². The Morgan fingerprint density at radius 2 is 0.745 bits per heavy atom. The van der Waals surface area contributed by atoms with E-state index in [-0.39, 0.29) is 24.2 Å². The Kier molecular flexibility index (Phi) is 14.4. The van der Waals surface area contributed by atoms with E-state index < -0.39 is 30.3 Å². The molecule has 0 aliphatic carbocycles. The first-order valence-corrected chi connectivity index (χ1v) is 22.0. The Bertz CT molecular complexity index is 1670. The molecule has 4 atom stereocenters. The molecule has 55 heavy (non-hydrogen) atoms. The van der Waals surface area contributed by atoms with Crippen molar-refractivity contribution in [2.24, 2.45) is 20.0 Å². The topological polar surface area (TPSA) is 102 Å². The average Bonchev–Trinajstić information content (AvgIpc) is 3.64. The predicted octanol–water partition coefficient (Wildman–Crippen LogP) is 7.03. The van der Waals surface area contributed by atoms with Crippen LogP contribution in [-0.4, -0.2) is 113 Å². The van der Waals surface area contributed by atoms with Crippen molar-refractivity contribution in [3.8, 4) is 0 Å². The maximum atomic E-state index is 6.57. The van der Waals surface area contributed by atoms with Gasteiger partial charge >= 0.3 is 30.3 Å². The summed E-state index contributed by atoms with van der Waals surface area (Å²) in [7, 11) is 0. The average molecular weight is 777 g/mol. The van der Waals surface area contributed by atoms with Gasteiger partial charge in [-0.2, -0.15) is 0 Å². The third kappa shape index (κ3) is 12.6. The minimum absolute atomic E-state index is 0.0216. The minimum atomic E-state index is -2.91. The number of nitrogens with zero attached hydrogens (tertiary/aromatic N) is 6. The Labute approximate surface area is 337 Å². The van der Waals surface area contributed by atoms with Gasteiger partial charge in [-0.15, -0.1) is 0 Å². The zero-order valence-electron chi connectivity index (χ0n) is 33.5. The summed E-state index contributed by atoms with van der Waals surface area (Å²) in [5.74, 6) is 2.59. The second kappa shape index (κ2) is 19.4. The smallest absolute Gasteiger partial charge is 0.592 e. The summed E-state index contributed by atoms with van der Waals surface area (Å²) in [5.41, 5.74) is 6.01. The molecule has 0 aromatic heterocycles. The SMILES string of the molecule is CC1=N[C@@H]2CN(Cc3ccccc3)C[C@H]2N=C(C)/C=C(/C)[O][Al]([O][Al]2[O]/C(C)=C\C(C)=N[C@@H]3CN(Cc4ccccc4)C[C@H]3N=C(C)/C=C(/C)[O]2)[O]/C(C)=C\1. The molecule has 0 amide bonds. The molecule has 0 N–H and O–H groups in total. The summed E-state index contributed by atoms with van der Waals surface area (Å²) in [5, 5.41) is 0. The summed E-state index contributed by atoms with van der Waals surface area (Å²) in [6.07, 6.45) is 7.77. The van der Waals surface area contributed by atoms with Crippen LogP contribution in [0.1, 0.15) is 66.5 Å². The fraction of sp³-hybridized carbons (Fsp3) is 0.429. The second-order valence-electron chi connectivity index (χ2n) is 14.9. The van der Waals surface area contributed by atoms with Crippen LogP contribution in [0.15, 0.2) is 128 Å². The highest BCUT2D eigenvalue weighted by atomic mass is 27.3. The number of rotatable bonds is 6. The van der Waals surface area contributed by atoms with Crippen LogP contribution in [-0.2, 0) is 31.1 Å². The lowest BCUT2D eigenvalue weighted by Crippen LogP contribution is -2.38. The molecule has 0 radical (unpaired) electrons. The fourth-order valence-electron chi connectivity index (χ4n) is 7.51. The molecule has 288 valence electrons. The molecule has 2 aromatic carbocycles. The van der Waals surface area contributed by atoms with Crippen molar-refractivity contribution in [1.82, 2.24) is 9.80 Å². The van der Waals surface area contributed by atoms with Crippen molar-refractivity contribution in [2.45, 2.75) is 92.6 Å². The molecule has 4 aliphatic rings. The first-order valence-electron chi connectivity index (χ1n) is 19.2. The number of allylic oxidation sites excluding steroid dienone is 8. The minimum Gasteiger partial charge on any atom is -0.592 e. The summed E-state index contributed by atoms with van der Waals surface area (Å²) in [4.78, 5) is 25.4. The maximum Gasteiger partial charge on any atom is 1.07 e. The zero-order chi connectivity index (χ0) is 38.9. The Hall–Kier alpha value is -3.78. The number of fused-ring (bicyclic) bond motifs is 2. The fourth-order valence-corrected chi connectivity index (χ4v) is 10.7. The van der Waals surface area contributed by atoms with Crippen molar-refractivity contribution in [3.05, 3.63) is 119 Å². The van der Waals surface area contributed by atoms with Crippen molar-refractivity contribution in [1.29, 1.82) is 0 Å². The standard InChI is InChI=1S/2C21H29N3O2.2Al.O/c2*1-15(10-17(3)25)22-20-13-24(12-19-8-6-5-7-9-19)14-21(20)23-16(2)11-18(4)26;;;/h2*5-11,20-21,25-26H,12-14H2,1-4H3;;;/q;;2*+2;/p-4/b2*17-10-,18-11-,22-15?,23-16?;;;/t2*20-,21-;;;/m11.../s1. The van der Waals surface area contributed by atoms with Gasteiger partial charge in [-0.1, -0.05) is 60.7 Å². The summed E-state index contributed by atoms with van der Waals surface area (Å²) in [6.45, 7) is 20.7. The molecule has 0 unspecified atom stereocenters. The molecule has 0 saturated carbocycles. The number of aliphatic imine (C=N–C) groups is 4. The van der Waals surface area contributed by atoms with Gasteiger partial charge in [-0.3, -0.25) is 29.8 Å². The van der Waals surface area contributed by atoms with E-state index >= 15 is 0 Å². The third-order valence-electron chi connectivity index (χ3n) is 9.64. The van der Waals surface area contributed by atoms with Gasteiger partial charge < -0.3 is 18.0 Å². The molecule has 2 saturated heterocycles. The Morgan fingerprint density at radius 3 is 1.02 bits per heavy atom. The van der Waals surface area contributed by atoms with Gasteiger partial charge in [0, 0.05) is 62.1 Å². The molecular weight excluding hydrogens is 722 g/mol. The normalized spacial score (nSPS) is 28.6. The molecule has 2 fully saturated rings. The highest BCUT2D eigenvalue weighted by Gasteiger charge is 2.53. The molecule has 13 heteroatoms. The second-order valence-corrected chi connectivity index (χ2v) is 18.1. The van der Waals surface area contributed by atoms with Crippen LogP contribution in [0, 0.1) is 0 Å². The van der Waals surface area contributed by atoms with E-state index in [0.717, 1.165) is 62.1 Å². The van der Waals surface area contributed by atoms with Gasteiger partial charge in [-0.25, -0.2) is 0 Å².